The van der Waals surface area contributed by atoms with E-state index in [9.17, 15) is 18.0 Å². The largest absolute Gasteiger partial charge is 0.481 e. The molecule has 19 heavy (non-hydrogen) atoms. The topological polar surface area (TPSA) is 104 Å². The summed E-state index contributed by atoms with van der Waals surface area (Å²) in [7, 11) is -1.64. The maximum absolute atomic E-state index is 11.7. The fraction of sp³-hybridized carbons (Fsp3) is 0.818. The lowest BCUT2D eigenvalue weighted by Crippen LogP contribution is -2.50. The van der Waals surface area contributed by atoms with Crippen LogP contribution < -0.4 is 5.32 Å². The summed E-state index contributed by atoms with van der Waals surface area (Å²) in [6, 6.07) is -0.448. The van der Waals surface area contributed by atoms with Crippen molar-refractivity contribution in [1.29, 1.82) is 0 Å². The van der Waals surface area contributed by atoms with Crippen molar-refractivity contribution in [2.75, 3.05) is 32.1 Å². The quantitative estimate of drug-likeness (QED) is 0.713. The highest BCUT2D eigenvalue weighted by Gasteiger charge is 2.44. The van der Waals surface area contributed by atoms with Gasteiger partial charge in [-0.15, -0.1) is 0 Å². The number of carbonyl (C=O) groups is 2. The summed E-state index contributed by atoms with van der Waals surface area (Å²) in [5.41, 5.74) is -0.840. The lowest BCUT2D eigenvalue weighted by Gasteiger charge is -2.37. The number of sulfone groups is 1. The van der Waals surface area contributed by atoms with E-state index in [1.165, 1.54) is 11.9 Å². The lowest BCUT2D eigenvalue weighted by atomic mass is 9.69. The molecule has 0 aromatic heterocycles. The van der Waals surface area contributed by atoms with Gasteiger partial charge in [0.2, 0.25) is 0 Å². The van der Waals surface area contributed by atoms with Gasteiger partial charge < -0.3 is 15.3 Å². The molecule has 1 rings (SSSR count). The Balaban J connectivity index is 2.40. The molecule has 0 saturated heterocycles. The van der Waals surface area contributed by atoms with Crippen molar-refractivity contribution in [3.63, 3.8) is 0 Å². The fourth-order valence-corrected chi connectivity index (χ4v) is 2.46. The van der Waals surface area contributed by atoms with E-state index >= 15 is 0 Å². The molecule has 0 spiro atoms. The molecule has 0 aliphatic heterocycles. The van der Waals surface area contributed by atoms with Crippen LogP contribution in [-0.4, -0.2) is 62.6 Å². The highest BCUT2D eigenvalue weighted by molar-refractivity contribution is 7.90. The third-order valence-corrected chi connectivity index (χ3v) is 4.41. The van der Waals surface area contributed by atoms with E-state index < -0.39 is 27.3 Å². The van der Waals surface area contributed by atoms with Gasteiger partial charge in [0.05, 0.1) is 11.2 Å². The van der Waals surface area contributed by atoms with E-state index in [2.05, 4.69) is 5.32 Å². The van der Waals surface area contributed by atoms with Crippen LogP contribution in [0.25, 0.3) is 0 Å². The van der Waals surface area contributed by atoms with Gasteiger partial charge in [-0.25, -0.2) is 13.2 Å². The number of carboxylic acid groups (broad SMARTS) is 1. The number of rotatable bonds is 6. The maximum Gasteiger partial charge on any atom is 0.317 e. The zero-order valence-electron chi connectivity index (χ0n) is 11.2. The first-order valence-electron chi connectivity index (χ1n) is 6.06. The van der Waals surface area contributed by atoms with Crippen LogP contribution in [0.15, 0.2) is 0 Å². The van der Waals surface area contributed by atoms with Crippen LogP contribution in [0.4, 0.5) is 4.79 Å². The van der Waals surface area contributed by atoms with Gasteiger partial charge in [0.25, 0.3) is 0 Å². The number of urea groups is 1. The second kappa shape index (κ2) is 5.77. The van der Waals surface area contributed by atoms with Gasteiger partial charge in [0.15, 0.2) is 0 Å². The molecule has 1 saturated carbocycles. The molecule has 2 amide bonds. The average molecular weight is 292 g/mol. The molecule has 0 aromatic carbocycles. The van der Waals surface area contributed by atoms with Crippen LogP contribution in [0.2, 0.25) is 0 Å². The first-order valence-corrected chi connectivity index (χ1v) is 8.12. The number of amides is 2. The molecule has 110 valence electrons. The molecular formula is C11H20N2O5S. The Morgan fingerprint density at radius 1 is 1.37 bits per heavy atom. The van der Waals surface area contributed by atoms with Gasteiger partial charge in [-0.05, 0) is 12.8 Å². The normalized spacial score (nSPS) is 17.4. The summed E-state index contributed by atoms with van der Waals surface area (Å²) in [5.74, 6) is -1.00. The molecular weight excluding hydrogens is 272 g/mol. The third-order valence-electron chi connectivity index (χ3n) is 3.49. The van der Waals surface area contributed by atoms with Crippen LogP contribution in [0.1, 0.15) is 19.3 Å². The fourth-order valence-electron chi connectivity index (χ4n) is 1.85. The molecule has 0 heterocycles. The summed E-state index contributed by atoms with van der Waals surface area (Å²) >= 11 is 0. The average Bonchev–Trinajstić information content (AvgIpc) is 2.22. The van der Waals surface area contributed by atoms with E-state index in [1.807, 2.05) is 0 Å². The predicted octanol–water partition coefficient (Wildman–Crippen LogP) is -0.0727. The van der Waals surface area contributed by atoms with E-state index in [-0.39, 0.29) is 18.8 Å². The number of carbonyl (C=O) groups excluding carboxylic acids is 1. The van der Waals surface area contributed by atoms with Gasteiger partial charge in [-0.2, -0.15) is 0 Å². The Labute approximate surface area is 112 Å². The molecule has 8 heteroatoms. The van der Waals surface area contributed by atoms with Crippen molar-refractivity contribution in [1.82, 2.24) is 10.2 Å². The smallest absolute Gasteiger partial charge is 0.317 e. The molecule has 1 aliphatic carbocycles. The number of aliphatic carboxylic acids is 1. The number of nitrogens with zero attached hydrogens (tertiary/aromatic N) is 1. The lowest BCUT2D eigenvalue weighted by molar-refractivity contribution is -0.153. The van der Waals surface area contributed by atoms with Gasteiger partial charge >= 0.3 is 12.0 Å². The van der Waals surface area contributed by atoms with Gasteiger partial charge in [0, 0.05) is 26.4 Å². The zero-order valence-corrected chi connectivity index (χ0v) is 12.0. The predicted molar refractivity (Wildman–Crippen MR) is 69.7 cm³/mol. The molecule has 0 aromatic rings. The SMILES string of the molecule is CN(CCS(C)(=O)=O)C(=O)NCC1(C(=O)O)CCC1. The second-order valence-electron chi connectivity index (χ2n) is 5.15. The molecule has 1 aliphatic rings. The van der Waals surface area contributed by atoms with Gasteiger partial charge in [0.1, 0.15) is 9.84 Å². The minimum atomic E-state index is -3.12. The first kappa shape index (κ1) is 15.7. The highest BCUT2D eigenvalue weighted by atomic mass is 32.2. The summed E-state index contributed by atoms with van der Waals surface area (Å²) in [6.07, 6.45) is 3.09. The van der Waals surface area contributed by atoms with Crippen molar-refractivity contribution in [3.05, 3.63) is 0 Å². The minimum absolute atomic E-state index is 0.0877. The number of hydrogen-bond acceptors (Lipinski definition) is 4. The van der Waals surface area contributed by atoms with Crippen molar-refractivity contribution in [2.24, 2.45) is 5.41 Å². The third kappa shape index (κ3) is 4.38. The Kier molecular flexibility index (Phi) is 4.78. The molecule has 0 bridgehead atoms. The van der Waals surface area contributed by atoms with Gasteiger partial charge in [-0.3, -0.25) is 4.79 Å². The number of nitrogens with one attached hydrogen (secondary N) is 1. The number of carboxylic acids is 1. The second-order valence-corrected chi connectivity index (χ2v) is 7.41. The Morgan fingerprint density at radius 3 is 2.32 bits per heavy atom. The Hall–Kier alpha value is -1.31. The molecule has 7 nitrogen and oxygen atoms in total. The van der Waals surface area contributed by atoms with Crippen molar-refractivity contribution in [2.45, 2.75) is 19.3 Å². The summed E-state index contributed by atoms with van der Waals surface area (Å²) < 4.78 is 22.0. The molecule has 2 N–H and O–H groups in total. The first-order chi connectivity index (χ1) is 8.66. The Morgan fingerprint density at radius 2 is 1.95 bits per heavy atom. The van der Waals surface area contributed by atoms with Crippen LogP contribution in [-0.2, 0) is 14.6 Å². The maximum atomic E-state index is 11.7. The van der Waals surface area contributed by atoms with Crippen LogP contribution in [0.3, 0.4) is 0 Å². The van der Waals surface area contributed by atoms with Gasteiger partial charge in [-0.1, -0.05) is 6.42 Å². The van der Waals surface area contributed by atoms with E-state index in [4.69, 9.17) is 5.11 Å². The zero-order chi connectivity index (χ0) is 14.7. The van der Waals surface area contributed by atoms with Crippen molar-refractivity contribution < 1.29 is 23.1 Å². The van der Waals surface area contributed by atoms with E-state index in [1.54, 1.807) is 0 Å². The van der Waals surface area contributed by atoms with Crippen LogP contribution in [0, 0.1) is 5.41 Å². The standard InChI is InChI=1S/C11H20N2O5S/c1-13(6-7-19(2,17)18)10(16)12-8-11(9(14)15)4-3-5-11/h3-8H2,1-2H3,(H,12,16)(H,14,15). The molecule has 1 fully saturated rings. The monoisotopic (exact) mass is 292 g/mol. The Bertz CT molecular complexity index is 456. The van der Waals surface area contributed by atoms with Crippen molar-refractivity contribution in [3.8, 4) is 0 Å². The number of hydrogen-bond donors (Lipinski definition) is 2. The molecule has 0 radical (unpaired) electrons. The minimum Gasteiger partial charge on any atom is -0.481 e. The summed E-state index contributed by atoms with van der Waals surface area (Å²) in [4.78, 5) is 24.0. The van der Waals surface area contributed by atoms with E-state index in [0.29, 0.717) is 12.8 Å². The van der Waals surface area contributed by atoms with Crippen LogP contribution in [0.5, 0.6) is 0 Å². The summed E-state index contributed by atoms with van der Waals surface area (Å²) in [5, 5.41) is 11.7. The summed E-state index contributed by atoms with van der Waals surface area (Å²) in [6.45, 7) is 0.176. The van der Waals surface area contributed by atoms with E-state index in [0.717, 1.165) is 12.7 Å². The van der Waals surface area contributed by atoms with Crippen molar-refractivity contribution >= 4 is 21.8 Å². The van der Waals surface area contributed by atoms with Crippen LogP contribution >= 0.6 is 0 Å². The highest BCUT2D eigenvalue weighted by Crippen LogP contribution is 2.40. The molecule has 0 unspecified atom stereocenters. The molecule has 0 atom stereocenters.